The lowest BCUT2D eigenvalue weighted by Gasteiger charge is -2.33. The molecule has 0 aliphatic heterocycles. The third-order valence-corrected chi connectivity index (χ3v) is 13.4. The highest BCUT2D eigenvalue weighted by Crippen LogP contribution is 2.46. The van der Waals surface area contributed by atoms with Gasteiger partial charge in [-0.2, -0.15) is 0 Å². The SMILES string of the molecule is Cc1ccc(N(c2ccc(C(C)(c3ccc(O)cc3)c3ccc(OC(=O)Oc4ccc(C(C)(C)c5ccc(OC=O)cc5)cc4)cc3)cc2)c2ccc3ccc4cccc5ccc2c3c45)cc1. The molecule has 0 radical (unpaired) electrons. The van der Waals surface area contributed by atoms with Gasteiger partial charge in [-0.3, -0.25) is 4.79 Å². The maximum atomic E-state index is 13.1. The number of aryl methyl sites for hydroxylation is 1. The zero-order valence-corrected chi connectivity index (χ0v) is 37.6. The summed E-state index contributed by atoms with van der Waals surface area (Å²) >= 11 is 0. The Labute approximate surface area is 389 Å². The van der Waals surface area contributed by atoms with Crippen molar-refractivity contribution in [1.29, 1.82) is 0 Å². The van der Waals surface area contributed by atoms with Gasteiger partial charge in [0.2, 0.25) is 0 Å². The number of carbonyl (C=O) groups excluding carboxylic acids is 2. The molecule has 10 aromatic rings. The van der Waals surface area contributed by atoms with E-state index in [1.165, 1.54) is 37.9 Å². The summed E-state index contributed by atoms with van der Waals surface area (Å²) in [5, 5.41) is 17.7. The van der Waals surface area contributed by atoms with Crippen LogP contribution in [0.5, 0.6) is 23.0 Å². The Morgan fingerprint density at radius 2 is 0.925 bits per heavy atom. The molecule has 0 saturated heterocycles. The highest BCUT2D eigenvalue weighted by Gasteiger charge is 2.32. The van der Waals surface area contributed by atoms with Crippen molar-refractivity contribution in [3.63, 3.8) is 0 Å². The number of phenols is 1. The van der Waals surface area contributed by atoms with Crippen molar-refractivity contribution >= 4 is 62.0 Å². The highest BCUT2D eigenvalue weighted by atomic mass is 16.7. The van der Waals surface area contributed by atoms with Crippen LogP contribution in [0.1, 0.15) is 54.2 Å². The molecular weight excluding hydrogens is 831 g/mol. The second-order valence-corrected chi connectivity index (χ2v) is 17.7. The molecule has 0 aliphatic carbocycles. The van der Waals surface area contributed by atoms with Crippen molar-refractivity contribution in [2.75, 3.05) is 4.90 Å². The molecule has 0 saturated carbocycles. The van der Waals surface area contributed by atoms with Crippen molar-refractivity contribution in [1.82, 2.24) is 0 Å². The van der Waals surface area contributed by atoms with Gasteiger partial charge in [0.1, 0.15) is 23.0 Å². The van der Waals surface area contributed by atoms with Crippen molar-refractivity contribution in [3.8, 4) is 23.0 Å². The molecule has 10 rings (SSSR count). The molecule has 328 valence electrons. The van der Waals surface area contributed by atoms with E-state index in [0.29, 0.717) is 23.7 Å². The number of rotatable bonds is 12. The third kappa shape index (κ3) is 7.95. The zero-order valence-electron chi connectivity index (χ0n) is 37.6. The largest absolute Gasteiger partial charge is 0.519 e. The highest BCUT2D eigenvalue weighted by molar-refractivity contribution is 6.25. The zero-order chi connectivity index (χ0) is 46.3. The first-order valence-electron chi connectivity index (χ1n) is 22.2. The minimum atomic E-state index is -0.856. The number of phenolic OH excluding ortho intramolecular Hbond substituents is 1. The normalized spacial score (nSPS) is 12.5. The molecule has 1 N–H and O–H groups in total. The fourth-order valence-corrected chi connectivity index (χ4v) is 9.46. The van der Waals surface area contributed by atoms with E-state index in [9.17, 15) is 14.7 Å². The van der Waals surface area contributed by atoms with Crippen molar-refractivity contribution in [3.05, 3.63) is 234 Å². The number of nitrogens with zero attached hydrogens (tertiary/aromatic N) is 1. The summed E-state index contributed by atoms with van der Waals surface area (Å²) in [6.07, 6.45) is -0.856. The fourth-order valence-electron chi connectivity index (χ4n) is 9.46. The Morgan fingerprint density at radius 1 is 0.493 bits per heavy atom. The lowest BCUT2D eigenvalue weighted by Crippen LogP contribution is -2.25. The van der Waals surface area contributed by atoms with Crippen LogP contribution >= 0.6 is 0 Å². The van der Waals surface area contributed by atoms with Gasteiger partial charge in [-0.15, -0.1) is 0 Å². The second-order valence-electron chi connectivity index (χ2n) is 17.7. The third-order valence-electron chi connectivity index (χ3n) is 13.4. The van der Waals surface area contributed by atoms with Crippen molar-refractivity contribution < 1.29 is 28.9 Å². The van der Waals surface area contributed by atoms with Gasteiger partial charge in [-0.25, -0.2) is 4.79 Å². The summed E-state index contributed by atoms with van der Waals surface area (Å²) in [5.41, 5.74) is 8.29. The van der Waals surface area contributed by atoms with Crippen LogP contribution in [-0.2, 0) is 15.6 Å². The molecular formula is C60H47NO6. The number of anilines is 3. The number of carbonyl (C=O) groups is 2. The van der Waals surface area contributed by atoms with Crippen LogP contribution in [0.25, 0.3) is 32.3 Å². The van der Waals surface area contributed by atoms with Crippen LogP contribution in [0.4, 0.5) is 21.9 Å². The average Bonchev–Trinajstić information content (AvgIpc) is 3.35. The number of ether oxygens (including phenoxy) is 3. The molecule has 10 aromatic carbocycles. The molecule has 0 amide bonds. The van der Waals surface area contributed by atoms with E-state index < -0.39 is 11.6 Å². The van der Waals surface area contributed by atoms with Gasteiger partial charge >= 0.3 is 6.16 Å². The van der Waals surface area contributed by atoms with Gasteiger partial charge in [0.05, 0.1) is 5.69 Å². The first-order chi connectivity index (χ1) is 32.5. The molecule has 0 spiro atoms. The van der Waals surface area contributed by atoms with E-state index >= 15 is 0 Å². The Hall–Kier alpha value is -8.42. The van der Waals surface area contributed by atoms with Gasteiger partial charge in [0.15, 0.2) is 0 Å². The van der Waals surface area contributed by atoms with Gasteiger partial charge in [-0.1, -0.05) is 141 Å². The molecule has 0 heterocycles. The van der Waals surface area contributed by atoms with Crippen LogP contribution in [0.2, 0.25) is 0 Å². The van der Waals surface area contributed by atoms with E-state index in [1.54, 1.807) is 48.5 Å². The predicted octanol–water partition coefficient (Wildman–Crippen LogP) is 14.9. The second kappa shape index (κ2) is 17.2. The van der Waals surface area contributed by atoms with E-state index in [2.05, 4.69) is 136 Å². The molecule has 0 fully saturated rings. The lowest BCUT2D eigenvalue weighted by molar-refractivity contribution is -0.120. The summed E-state index contributed by atoms with van der Waals surface area (Å²) in [5.74, 6) is 1.33. The molecule has 0 aliphatic rings. The molecule has 1 unspecified atom stereocenters. The van der Waals surface area contributed by atoms with Gasteiger partial charge in [0, 0.05) is 27.6 Å². The van der Waals surface area contributed by atoms with Crippen molar-refractivity contribution in [2.24, 2.45) is 0 Å². The summed E-state index contributed by atoms with van der Waals surface area (Å²) in [4.78, 5) is 26.1. The summed E-state index contributed by atoms with van der Waals surface area (Å²) in [7, 11) is 0. The topological polar surface area (TPSA) is 85.3 Å². The summed E-state index contributed by atoms with van der Waals surface area (Å²) < 4.78 is 16.2. The molecule has 0 bridgehead atoms. The minimum Gasteiger partial charge on any atom is -0.508 e. The lowest BCUT2D eigenvalue weighted by atomic mass is 9.71. The number of aromatic hydroxyl groups is 1. The number of hydrogen-bond donors (Lipinski definition) is 1. The molecule has 67 heavy (non-hydrogen) atoms. The summed E-state index contributed by atoms with van der Waals surface area (Å²) in [6.45, 7) is 8.86. The molecule has 7 heteroatoms. The van der Waals surface area contributed by atoms with Crippen LogP contribution in [0, 0.1) is 6.92 Å². The average molecular weight is 878 g/mol. The van der Waals surface area contributed by atoms with Gasteiger partial charge in [0.25, 0.3) is 6.47 Å². The van der Waals surface area contributed by atoms with E-state index in [4.69, 9.17) is 14.2 Å². The minimum absolute atomic E-state index is 0.182. The monoisotopic (exact) mass is 877 g/mol. The van der Waals surface area contributed by atoms with Gasteiger partial charge in [-0.05, 0) is 147 Å². The van der Waals surface area contributed by atoms with Crippen LogP contribution in [0.3, 0.4) is 0 Å². The Morgan fingerprint density at radius 3 is 1.46 bits per heavy atom. The smallest absolute Gasteiger partial charge is 0.508 e. The number of benzene rings is 10. The molecule has 7 nitrogen and oxygen atoms in total. The maximum absolute atomic E-state index is 13.1. The van der Waals surface area contributed by atoms with Crippen molar-refractivity contribution in [2.45, 2.75) is 38.5 Å². The van der Waals surface area contributed by atoms with Gasteiger partial charge < -0.3 is 24.2 Å². The Balaban J connectivity index is 0.931. The van der Waals surface area contributed by atoms with Crippen LogP contribution in [0.15, 0.2) is 200 Å². The van der Waals surface area contributed by atoms with E-state index in [0.717, 1.165) is 44.9 Å². The quantitative estimate of drug-likeness (QED) is 0.0430. The Bertz CT molecular complexity index is 3370. The number of hydrogen-bond acceptors (Lipinski definition) is 7. The van der Waals surface area contributed by atoms with Crippen LogP contribution in [-0.4, -0.2) is 17.7 Å². The standard InChI is InChI=1S/C60H47NO6/c1-39-8-24-48(25-9-39)61(55-37-13-42-11-10-40-6-5-7-41-12-36-54(55)57(42)56(40)41)49-26-14-45(15-27-49)60(4,46-16-28-50(63)29-17-46)47-22-34-53(35-23-47)67-58(64)66-52-32-20-44(21-33-52)59(2,3)43-18-30-51(31-19-43)65-38-62/h5-38,63H,1-4H3. The molecule has 0 aromatic heterocycles. The fraction of sp³-hybridized carbons (Fsp3) is 0.100. The van der Waals surface area contributed by atoms with Crippen LogP contribution < -0.4 is 19.1 Å². The molecule has 1 atom stereocenters. The first-order valence-corrected chi connectivity index (χ1v) is 22.2. The Kier molecular flexibility index (Phi) is 10.9. The predicted molar refractivity (Wildman–Crippen MR) is 268 cm³/mol. The van der Waals surface area contributed by atoms with E-state index in [1.807, 2.05) is 48.5 Å². The van der Waals surface area contributed by atoms with E-state index in [-0.39, 0.29) is 11.2 Å². The summed E-state index contributed by atoms with van der Waals surface area (Å²) in [6, 6.07) is 66.6. The first kappa shape index (κ1) is 42.5. The maximum Gasteiger partial charge on any atom is 0.519 e.